The van der Waals surface area contributed by atoms with Crippen molar-refractivity contribution in [1.29, 1.82) is 0 Å². The standard InChI is InChI=1S/C53H62BN7/c1-34(2)41-23-18-24-42(35(3)4)48(41)59-30-29-56-50(59)49-57-33-45(58-49)53(12,13)52(10,11)39-25-26-43-44(31-39)61(46-32-38(27-28-55-46)51(7,8)9)54(47-36(5)19-17-20-37(47)6)60(43)40-21-15-14-16-22-40/h14-35H,1-13H3,(H,57,58). The van der Waals surface area contributed by atoms with E-state index < -0.39 is 0 Å². The van der Waals surface area contributed by atoms with Gasteiger partial charge in [0.1, 0.15) is 5.82 Å². The third-order valence-electron chi connectivity index (χ3n) is 13.6. The molecule has 0 unspecified atom stereocenters. The Morgan fingerprint density at radius 2 is 1.26 bits per heavy atom. The number of aryl methyl sites for hydroxylation is 2. The van der Waals surface area contributed by atoms with Gasteiger partial charge in [-0.2, -0.15) is 0 Å². The molecule has 1 N–H and O–H groups in total. The van der Waals surface area contributed by atoms with Crippen LogP contribution < -0.4 is 15.1 Å². The Balaban J connectivity index is 1.26. The van der Waals surface area contributed by atoms with E-state index in [0.29, 0.717) is 11.8 Å². The monoisotopic (exact) mass is 808 g/mol. The fourth-order valence-electron chi connectivity index (χ4n) is 9.21. The number of anilines is 4. The molecule has 312 valence electrons. The highest BCUT2D eigenvalue weighted by molar-refractivity contribution is 6.85. The lowest BCUT2D eigenvalue weighted by molar-refractivity contribution is 0.296. The van der Waals surface area contributed by atoms with Gasteiger partial charge >= 0.3 is 6.98 Å². The normalized spacial score (nSPS) is 13.5. The molecule has 0 radical (unpaired) electrons. The summed E-state index contributed by atoms with van der Waals surface area (Å²) in [4.78, 5) is 23.9. The number of H-pyrrole nitrogens is 1. The van der Waals surface area contributed by atoms with Gasteiger partial charge in [-0.15, -0.1) is 0 Å². The molecule has 0 saturated heterocycles. The molecule has 1 aliphatic heterocycles. The summed E-state index contributed by atoms with van der Waals surface area (Å²) in [5, 5.41) is 0. The van der Waals surface area contributed by atoms with Crippen LogP contribution in [0.5, 0.6) is 0 Å². The number of hydrogen-bond acceptors (Lipinski definition) is 5. The lowest BCUT2D eigenvalue weighted by Crippen LogP contribution is -2.55. The zero-order valence-electron chi connectivity index (χ0n) is 38.5. The van der Waals surface area contributed by atoms with E-state index >= 15 is 0 Å². The Morgan fingerprint density at radius 3 is 1.90 bits per heavy atom. The van der Waals surface area contributed by atoms with Crippen LogP contribution in [0.25, 0.3) is 17.3 Å². The van der Waals surface area contributed by atoms with Gasteiger partial charge in [0, 0.05) is 47.0 Å². The van der Waals surface area contributed by atoms with E-state index in [1.54, 1.807) is 0 Å². The first kappa shape index (κ1) is 41.8. The van der Waals surface area contributed by atoms with E-state index in [1.165, 1.54) is 44.5 Å². The van der Waals surface area contributed by atoms with Crippen molar-refractivity contribution < 1.29 is 0 Å². The lowest BCUT2D eigenvalue weighted by atomic mass is 9.61. The summed E-state index contributed by atoms with van der Waals surface area (Å²) in [5.41, 5.74) is 13.8. The minimum absolute atomic E-state index is 0.0457. The largest absolute Gasteiger partial charge is 0.422 e. The van der Waals surface area contributed by atoms with E-state index in [4.69, 9.17) is 15.0 Å². The molecule has 0 saturated carbocycles. The van der Waals surface area contributed by atoms with Crippen molar-refractivity contribution in [3.05, 3.63) is 161 Å². The van der Waals surface area contributed by atoms with Crippen LogP contribution in [-0.4, -0.2) is 31.5 Å². The number of nitrogens with one attached hydrogen (secondary N) is 1. The first-order valence-electron chi connectivity index (χ1n) is 21.9. The number of hydrogen-bond donors (Lipinski definition) is 1. The van der Waals surface area contributed by atoms with Gasteiger partial charge in [0.15, 0.2) is 11.6 Å². The van der Waals surface area contributed by atoms with Crippen LogP contribution >= 0.6 is 0 Å². The summed E-state index contributed by atoms with van der Waals surface area (Å²) in [6, 6.07) is 35.6. The summed E-state index contributed by atoms with van der Waals surface area (Å²) in [6.45, 7) is 29.5. The molecule has 0 fully saturated rings. The number of aromatic amines is 1. The summed E-state index contributed by atoms with van der Waals surface area (Å²) in [6.07, 6.45) is 7.96. The molecule has 0 amide bonds. The molecule has 7 aromatic rings. The molecular formula is C53H62BN7. The SMILES string of the molecule is Cc1cccc(C)c1B1N(c2ccccc2)c2ccc(C(C)(C)C(C)(C)c3cnc(-c4nccn4-c4c(C(C)C)cccc4C(C)C)[nH]3)cc2N1c1cc(C(C)(C)C)ccn1. The molecule has 8 rings (SSSR count). The number of pyridine rings is 1. The van der Waals surface area contributed by atoms with Gasteiger partial charge in [0.05, 0.1) is 17.1 Å². The van der Waals surface area contributed by atoms with Gasteiger partial charge in [-0.05, 0) is 95.2 Å². The maximum atomic E-state index is 5.15. The number of aromatic nitrogens is 5. The van der Waals surface area contributed by atoms with Crippen molar-refractivity contribution in [1.82, 2.24) is 24.5 Å². The molecule has 4 aromatic carbocycles. The highest BCUT2D eigenvalue weighted by Gasteiger charge is 2.48. The summed E-state index contributed by atoms with van der Waals surface area (Å²) >= 11 is 0. The minimum Gasteiger partial charge on any atom is -0.360 e. The van der Waals surface area contributed by atoms with E-state index in [9.17, 15) is 0 Å². The van der Waals surface area contributed by atoms with Crippen LogP contribution in [0.4, 0.5) is 22.9 Å². The Morgan fingerprint density at radius 1 is 0.607 bits per heavy atom. The van der Waals surface area contributed by atoms with Crippen molar-refractivity contribution in [2.24, 2.45) is 0 Å². The lowest BCUT2D eigenvalue weighted by Gasteiger charge is -2.42. The molecule has 7 nitrogen and oxygen atoms in total. The van der Waals surface area contributed by atoms with Gasteiger partial charge in [0.25, 0.3) is 0 Å². The van der Waals surface area contributed by atoms with Crippen molar-refractivity contribution in [3.8, 4) is 17.3 Å². The number of fused-ring (bicyclic) bond motifs is 1. The summed E-state index contributed by atoms with van der Waals surface area (Å²) in [5.74, 6) is 3.21. The predicted molar refractivity (Wildman–Crippen MR) is 257 cm³/mol. The molecule has 0 atom stereocenters. The molecule has 4 heterocycles. The minimum atomic E-state index is -0.373. The molecule has 61 heavy (non-hydrogen) atoms. The van der Waals surface area contributed by atoms with Crippen molar-refractivity contribution in [2.45, 2.75) is 118 Å². The zero-order chi connectivity index (χ0) is 43.6. The Labute approximate surface area is 364 Å². The molecule has 0 aliphatic carbocycles. The fourth-order valence-corrected chi connectivity index (χ4v) is 9.21. The quantitative estimate of drug-likeness (QED) is 0.139. The first-order chi connectivity index (χ1) is 28.9. The Bertz CT molecular complexity index is 2650. The smallest absolute Gasteiger partial charge is 0.360 e. The van der Waals surface area contributed by atoms with E-state index in [2.05, 4.69) is 212 Å². The number of rotatable bonds is 10. The van der Waals surface area contributed by atoms with Gasteiger partial charge in [0.2, 0.25) is 0 Å². The van der Waals surface area contributed by atoms with Gasteiger partial charge in [-0.25, -0.2) is 15.0 Å². The first-order valence-corrected chi connectivity index (χ1v) is 21.9. The molecular weight excluding hydrogens is 745 g/mol. The molecule has 0 bridgehead atoms. The van der Waals surface area contributed by atoms with Crippen LogP contribution in [0.3, 0.4) is 0 Å². The number of para-hydroxylation sites is 2. The van der Waals surface area contributed by atoms with Gasteiger partial charge in [-0.3, -0.25) is 4.57 Å². The van der Waals surface area contributed by atoms with Crippen LogP contribution in [-0.2, 0) is 16.2 Å². The predicted octanol–water partition coefficient (Wildman–Crippen LogP) is 12.8. The van der Waals surface area contributed by atoms with Gasteiger partial charge < -0.3 is 14.6 Å². The van der Waals surface area contributed by atoms with Crippen LogP contribution in [0.2, 0.25) is 0 Å². The topological polar surface area (TPSA) is 65.9 Å². The van der Waals surface area contributed by atoms with Crippen LogP contribution in [0.1, 0.15) is 127 Å². The Hall–Kier alpha value is -5.89. The van der Waals surface area contributed by atoms with E-state index in [0.717, 1.165) is 40.2 Å². The van der Waals surface area contributed by atoms with Crippen molar-refractivity contribution in [2.75, 3.05) is 9.62 Å². The maximum absolute atomic E-state index is 5.15. The average molecular weight is 808 g/mol. The fraction of sp³-hybridized carbons (Fsp3) is 0.340. The molecule has 3 aromatic heterocycles. The van der Waals surface area contributed by atoms with Crippen LogP contribution in [0, 0.1) is 13.8 Å². The zero-order valence-corrected chi connectivity index (χ0v) is 38.5. The van der Waals surface area contributed by atoms with Crippen LogP contribution in [0.15, 0.2) is 122 Å². The average Bonchev–Trinajstić information content (AvgIpc) is 3.99. The number of imidazole rings is 2. The van der Waals surface area contributed by atoms with Crippen molar-refractivity contribution in [3.63, 3.8) is 0 Å². The number of benzene rings is 4. The second-order valence-electron chi connectivity index (χ2n) is 19.7. The third-order valence-corrected chi connectivity index (χ3v) is 13.6. The Kier molecular flexibility index (Phi) is 10.7. The van der Waals surface area contributed by atoms with E-state index in [-0.39, 0.29) is 23.2 Å². The summed E-state index contributed by atoms with van der Waals surface area (Å²) in [7, 11) is 0. The molecule has 1 aliphatic rings. The highest BCUT2D eigenvalue weighted by Crippen LogP contribution is 2.51. The van der Waals surface area contributed by atoms with E-state index in [1.807, 2.05) is 18.6 Å². The third kappa shape index (κ3) is 7.18. The maximum Gasteiger partial charge on any atom is 0.422 e. The second kappa shape index (κ2) is 15.5. The molecule has 8 heteroatoms. The summed E-state index contributed by atoms with van der Waals surface area (Å²) < 4.78 is 2.23. The molecule has 0 spiro atoms. The number of nitrogens with zero attached hydrogens (tertiary/aromatic N) is 6. The highest BCUT2D eigenvalue weighted by atomic mass is 15.3. The van der Waals surface area contributed by atoms with Crippen molar-refractivity contribution >= 4 is 35.3 Å². The second-order valence-corrected chi connectivity index (χ2v) is 19.7. The van der Waals surface area contributed by atoms with Gasteiger partial charge in [-0.1, -0.05) is 148 Å².